The molecule has 0 heterocycles. The van der Waals surface area contributed by atoms with Gasteiger partial charge in [0.05, 0.1) is 12.2 Å². The molecule has 0 aromatic rings. The lowest BCUT2D eigenvalue weighted by Gasteiger charge is -2.60. The molecule has 2 rings (SSSR count). The zero-order valence-electron chi connectivity index (χ0n) is 12.9. The Labute approximate surface area is 117 Å². The van der Waals surface area contributed by atoms with Crippen molar-refractivity contribution in [1.82, 2.24) is 5.32 Å². The summed E-state index contributed by atoms with van der Waals surface area (Å²) < 4.78 is 11.3. The van der Waals surface area contributed by atoms with Gasteiger partial charge >= 0.3 is 0 Å². The monoisotopic (exact) mass is 270 g/mol. The Bertz CT molecular complexity index is 303. The Morgan fingerprint density at radius 3 is 2.32 bits per heavy atom. The summed E-state index contributed by atoms with van der Waals surface area (Å²) in [5, 5.41) is 3.61. The zero-order chi connectivity index (χ0) is 14.1. The minimum atomic E-state index is -0.135. The number of hydrogen-bond acceptors (Lipinski definition) is 4. The summed E-state index contributed by atoms with van der Waals surface area (Å²) in [5.41, 5.74) is 6.47. The molecule has 0 saturated heterocycles. The number of hydrogen-bond donors (Lipinski definition) is 2. The van der Waals surface area contributed by atoms with Crippen molar-refractivity contribution in [2.45, 2.75) is 70.7 Å². The van der Waals surface area contributed by atoms with E-state index in [0.717, 1.165) is 39.0 Å². The van der Waals surface area contributed by atoms with Gasteiger partial charge in [-0.25, -0.2) is 0 Å². The molecule has 0 amide bonds. The molecular formula is C15H30N2O2. The van der Waals surface area contributed by atoms with Gasteiger partial charge in [-0.1, -0.05) is 13.8 Å². The van der Waals surface area contributed by atoms with Gasteiger partial charge in [0.2, 0.25) is 0 Å². The van der Waals surface area contributed by atoms with Crippen LogP contribution in [0.25, 0.3) is 0 Å². The minimum absolute atomic E-state index is 0.0546. The van der Waals surface area contributed by atoms with Gasteiger partial charge in [0.15, 0.2) is 0 Å². The van der Waals surface area contributed by atoms with Crippen LogP contribution in [0.1, 0.15) is 47.0 Å². The van der Waals surface area contributed by atoms with Gasteiger partial charge in [0.1, 0.15) is 0 Å². The largest absolute Gasteiger partial charge is 0.378 e. The minimum Gasteiger partial charge on any atom is -0.378 e. The maximum atomic E-state index is 6.55. The van der Waals surface area contributed by atoms with E-state index in [-0.39, 0.29) is 11.0 Å². The number of nitrogens with one attached hydrogen (secondary N) is 1. The summed E-state index contributed by atoms with van der Waals surface area (Å²) in [6, 6.07) is 0.582. The quantitative estimate of drug-likeness (QED) is 0.739. The summed E-state index contributed by atoms with van der Waals surface area (Å²) in [5.74, 6) is 0. The fourth-order valence-electron chi connectivity index (χ4n) is 3.24. The molecule has 2 saturated carbocycles. The van der Waals surface area contributed by atoms with Gasteiger partial charge in [-0.05, 0) is 33.1 Å². The van der Waals surface area contributed by atoms with E-state index in [1.807, 2.05) is 6.92 Å². The third kappa shape index (κ3) is 2.82. The van der Waals surface area contributed by atoms with Crippen LogP contribution >= 0.6 is 0 Å². The molecule has 2 aliphatic carbocycles. The van der Waals surface area contributed by atoms with E-state index < -0.39 is 0 Å². The second kappa shape index (κ2) is 5.68. The van der Waals surface area contributed by atoms with Gasteiger partial charge in [-0.2, -0.15) is 0 Å². The first kappa shape index (κ1) is 15.2. The molecule has 2 aliphatic rings. The zero-order valence-corrected chi connectivity index (χ0v) is 12.9. The van der Waals surface area contributed by atoms with Crippen LogP contribution in [0.15, 0.2) is 0 Å². The van der Waals surface area contributed by atoms with Crippen molar-refractivity contribution in [3.8, 4) is 0 Å². The molecule has 2 atom stereocenters. The van der Waals surface area contributed by atoms with Gasteiger partial charge in [0, 0.05) is 36.8 Å². The molecule has 0 aliphatic heterocycles. The highest BCUT2D eigenvalue weighted by Crippen LogP contribution is 2.49. The van der Waals surface area contributed by atoms with Gasteiger partial charge in [-0.15, -0.1) is 0 Å². The van der Waals surface area contributed by atoms with Crippen molar-refractivity contribution in [3.63, 3.8) is 0 Å². The van der Waals surface area contributed by atoms with Crippen LogP contribution in [0.4, 0.5) is 0 Å². The molecule has 2 fully saturated rings. The molecule has 4 heteroatoms. The summed E-state index contributed by atoms with van der Waals surface area (Å²) in [7, 11) is 0. The first-order chi connectivity index (χ1) is 8.93. The highest BCUT2D eigenvalue weighted by molar-refractivity contribution is 5.15. The highest BCUT2D eigenvalue weighted by atomic mass is 16.5. The Balaban J connectivity index is 1.72. The molecular weight excluding hydrogens is 240 g/mol. The summed E-state index contributed by atoms with van der Waals surface area (Å²) >= 11 is 0. The second-order valence-corrected chi connectivity index (χ2v) is 6.65. The van der Waals surface area contributed by atoms with Crippen LogP contribution in [0.3, 0.4) is 0 Å². The first-order valence-electron chi connectivity index (χ1n) is 7.68. The molecule has 19 heavy (non-hydrogen) atoms. The topological polar surface area (TPSA) is 56.5 Å². The maximum absolute atomic E-state index is 6.55. The predicted octanol–water partition coefficient (Wildman–Crippen LogP) is 1.68. The SMILES string of the molecule is CCOC1CC(NCC2(N)CC(OCC)C2(C)C)C1. The van der Waals surface area contributed by atoms with E-state index in [9.17, 15) is 0 Å². The number of rotatable bonds is 7. The van der Waals surface area contributed by atoms with E-state index in [4.69, 9.17) is 15.2 Å². The number of ether oxygens (including phenoxy) is 2. The standard InChI is InChI=1S/C15H30N2O2/c1-5-18-12-7-11(8-12)17-10-15(16)9-13(19-6-2)14(15,3)4/h11-13,17H,5-10,16H2,1-4H3. The second-order valence-electron chi connectivity index (χ2n) is 6.65. The molecule has 4 nitrogen and oxygen atoms in total. The third-order valence-electron chi connectivity index (χ3n) is 5.21. The van der Waals surface area contributed by atoms with Crippen LogP contribution in [-0.4, -0.2) is 43.5 Å². The van der Waals surface area contributed by atoms with Crippen LogP contribution in [0, 0.1) is 5.41 Å². The van der Waals surface area contributed by atoms with Gasteiger partial charge < -0.3 is 20.5 Å². The van der Waals surface area contributed by atoms with Gasteiger partial charge in [0.25, 0.3) is 0 Å². The lowest BCUT2D eigenvalue weighted by atomic mass is 9.54. The summed E-state index contributed by atoms with van der Waals surface area (Å²) in [4.78, 5) is 0. The summed E-state index contributed by atoms with van der Waals surface area (Å²) in [6.07, 6.45) is 3.98. The molecule has 0 aromatic carbocycles. The van der Waals surface area contributed by atoms with Crippen molar-refractivity contribution in [3.05, 3.63) is 0 Å². The van der Waals surface area contributed by atoms with E-state index in [1.54, 1.807) is 0 Å². The predicted molar refractivity (Wildman–Crippen MR) is 77.2 cm³/mol. The molecule has 0 aromatic heterocycles. The van der Waals surface area contributed by atoms with Crippen LogP contribution in [0.2, 0.25) is 0 Å². The van der Waals surface area contributed by atoms with Crippen LogP contribution in [0.5, 0.6) is 0 Å². The maximum Gasteiger partial charge on any atom is 0.0662 e. The van der Waals surface area contributed by atoms with Crippen molar-refractivity contribution in [2.24, 2.45) is 11.1 Å². The van der Waals surface area contributed by atoms with Gasteiger partial charge in [-0.3, -0.25) is 0 Å². The van der Waals surface area contributed by atoms with Crippen molar-refractivity contribution in [2.75, 3.05) is 19.8 Å². The average Bonchev–Trinajstić information content (AvgIpc) is 2.31. The van der Waals surface area contributed by atoms with Crippen LogP contribution in [-0.2, 0) is 9.47 Å². The number of nitrogens with two attached hydrogens (primary N) is 1. The molecule has 112 valence electrons. The van der Waals surface area contributed by atoms with E-state index in [1.165, 1.54) is 0 Å². The van der Waals surface area contributed by atoms with Crippen LogP contribution < -0.4 is 11.1 Å². The molecule has 2 unspecified atom stereocenters. The van der Waals surface area contributed by atoms with Crippen molar-refractivity contribution < 1.29 is 9.47 Å². The molecule has 0 spiro atoms. The fraction of sp³-hybridized carbons (Fsp3) is 1.00. The normalized spacial score (nSPS) is 40.6. The van der Waals surface area contributed by atoms with E-state index in [0.29, 0.717) is 18.2 Å². The average molecular weight is 270 g/mol. The fourth-order valence-corrected chi connectivity index (χ4v) is 3.24. The molecule has 0 radical (unpaired) electrons. The Hall–Kier alpha value is -0.160. The van der Waals surface area contributed by atoms with E-state index >= 15 is 0 Å². The smallest absolute Gasteiger partial charge is 0.0662 e. The molecule has 3 N–H and O–H groups in total. The third-order valence-corrected chi connectivity index (χ3v) is 5.21. The Morgan fingerprint density at radius 1 is 1.16 bits per heavy atom. The Kier molecular flexibility index (Phi) is 4.56. The lowest BCUT2D eigenvalue weighted by molar-refractivity contribution is -0.149. The lowest BCUT2D eigenvalue weighted by Crippen LogP contribution is -2.74. The Morgan fingerprint density at radius 2 is 1.79 bits per heavy atom. The highest BCUT2D eigenvalue weighted by Gasteiger charge is 2.58. The first-order valence-corrected chi connectivity index (χ1v) is 7.68. The van der Waals surface area contributed by atoms with E-state index in [2.05, 4.69) is 26.1 Å². The van der Waals surface area contributed by atoms with Crippen molar-refractivity contribution in [1.29, 1.82) is 0 Å². The molecule has 0 bridgehead atoms. The van der Waals surface area contributed by atoms with Crippen molar-refractivity contribution >= 4 is 0 Å². The summed E-state index contributed by atoms with van der Waals surface area (Å²) in [6.45, 7) is 11.0.